The van der Waals surface area contributed by atoms with Crippen LogP contribution in [0.4, 0.5) is 5.69 Å². The van der Waals surface area contributed by atoms with Gasteiger partial charge in [-0.15, -0.1) is 0 Å². The van der Waals surface area contributed by atoms with Crippen molar-refractivity contribution in [2.45, 2.75) is 44.8 Å². The van der Waals surface area contributed by atoms with Crippen LogP contribution in [0.2, 0.25) is 0 Å². The molecular weight excluding hydrogens is 362 g/mol. The second-order valence-electron chi connectivity index (χ2n) is 8.24. The highest BCUT2D eigenvalue weighted by atomic mass is 16.5. The number of benzene rings is 2. The Morgan fingerprint density at radius 3 is 2.83 bits per heavy atom. The van der Waals surface area contributed by atoms with Crippen LogP contribution in [-0.4, -0.2) is 37.7 Å². The third-order valence-corrected chi connectivity index (χ3v) is 6.10. The van der Waals surface area contributed by atoms with Crippen LogP contribution in [0.5, 0.6) is 0 Å². The lowest BCUT2D eigenvalue weighted by atomic mass is 9.94. The molecule has 29 heavy (non-hydrogen) atoms. The van der Waals surface area contributed by atoms with Crippen molar-refractivity contribution in [2.24, 2.45) is 5.92 Å². The van der Waals surface area contributed by atoms with Crippen molar-refractivity contribution in [1.82, 2.24) is 10.6 Å². The van der Waals surface area contributed by atoms with Gasteiger partial charge in [0.05, 0.1) is 13.2 Å². The van der Waals surface area contributed by atoms with Crippen molar-refractivity contribution in [3.63, 3.8) is 0 Å². The Bertz CT molecular complexity index is 815. The summed E-state index contributed by atoms with van der Waals surface area (Å²) in [5.74, 6) is 0.550. The molecule has 0 spiro atoms. The molecule has 1 heterocycles. The van der Waals surface area contributed by atoms with Gasteiger partial charge in [0, 0.05) is 36.4 Å². The summed E-state index contributed by atoms with van der Waals surface area (Å²) >= 11 is 0. The number of morpholine rings is 1. The fourth-order valence-electron chi connectivity index (χ4n) is 4.50. The standard InChI is InChI=1S/C24H31N3O2/c1-17-8-10-19(11-9-17)24(28)27-20-5-2-4-18(14-20)15-26-22-7-3-6-21(22)23-16-29-13-12-25-23/h2,4-5,8-11,14,21-23,25-26H,3,6-7,12-13,15-16H2,1H3,(H,27,28). The molecule has 2 aromatic carbocycles. The van der Waals surface area contributed by atoms with E-state index < -0.39 is 0 Å². The van der Waals surface area contributed by atoms with Crippen LogP contribution in [0, 0.1) is 12.8 Å². The molecule has 1 amide bonds. The summed E-state index contributed by atoms with van der Waals surface area (Å²) in [6, 6.07) is 16.7. The van der Waals surface area contributed by atoms with Gasteiger partial charge < -0.3 is 20.7 Å². The molecule has 2 aromatic rings. The van der Waals surface area contributed by atoms with Gasteiger partial charge in [0.1, 0.15) is 0 Å². The van der Waals surface area contributed by atoms with E-state index in [1.807, 2.05) is 43.3 Å². The Hall–Kier alpha value is -2.21. The summed E-state index contributed by atoms with van der Waals surface area (Å²) in [6.07, 6.45) is 3.74. The van der Waals surface area contributed by atoms with E-state index in [1.54, 1.807) is 0 Å². The number of hydrogen-bond donors (Lipinski definition) is 3. The molecule has 0 radical (unpaired) electrons. The molecule has 2 aliphatic rings. The van der Waals surface area contributed by atoms with Gasteiger partial charge in [-0.3, -0.25) is 4.79 Å². The third kappa shape index (κ3) is 5.24. The molecule has 1 aliphatic carbocycles. The summed E-state index contributed by atoms with van der Waals surface area (Å²) < 4.78 is 5.67. The number of ether oxygens (including phenoxy) is 1. The van der Waals surface area contributed by atoms with Crippen molar-refractivity contribution >= 4 is 11.6 Å². The number of hydrogen-bond acceptors (Lipinski definition) is 4. The molecule has 1 saturated carbocycles. The first-order valence-corrected chi connectivity index (χ1v) is 10.7. The van der Waals surface area contributed by atoms with Gasteiger partial charge in [0.25, 0.3) is 5.91 Å². The van der Waals surface area contributed by atoms with Crippen LogP contribution in [-0.2, 0) is 11.3 Å². The van der Waals surface area contributed by atoms with E-state index in [9.17, 15) is 4.79 Å². The van der Waals surface area contributed by atoms with Crippen LogP contribution in [0.25, 0.3) is 0 Å². The van der Waals surface area contributed by atoms with E-state index >= 15 is 0 Å². The first kappa shape index (κ1) is 20.1. The summed E-state index contributed by atoms with van der Waals surface area (Å²) in [5.41, 5.74) is 3.84. The summed E-state index contributed by atoms with van der Waals surface area (Å²) in [6.45, 7) is 5.43. The second kappa shape index (κ2) is 9.53. The van der Waals surface area contributed by atoms with E-state index in [4.69, 9.17) is 4.74 Å². The zero-order valence-electron chi connectivity index (χ0n) is 17.1. The molecule has 3 N–H and O–H groups in total. The molecule has 0 aromatic heterocycles. The quantitative estimate of drug-likeness (QED) is 0.703. The molecule has 154 valence electrons. The minimum absolute atomic E-state index is 0.0747. The maximum atomic E-state index is 12.5. The number of aryl methyl sites for hydroxylation is 1. The predicted octanol–water partition coefficient (Wildman–Crippen LogP) is 3.49. The van der Waals surface area contributed by atoms with Crippen LogP contribution in [0.1, 0.15) is 40.7 Å². The molecule has 1 aliphatic heterocycles. The molecule has 1 saturated heterocycles. The van der Waals surface area contributed by atoms with E-state index in [-0.39, 0.29) is 5.91 Å². The Labute approximate surface area is 173 Å². The highest BCUT2D eigenvalue weighted by molar-refractivity contribution is 6.04. The normalized spacial score (nSPS) is 24.4. The Balaban J connectivity index is 1.33. The Morgan fingerprint density at radius 1 is 1.17 bits per heavy atom. The predicted molar refractivity (Wildman–Crippen MR) is 116 cm³/mol. The summed E-state index contributed by atoms with van der Waals surface area (Å²) in [4.78, 5) is 12.5. The van der Waals surface area contributed by atoms with E-state index in [0.29, 0.717) is 23.6 Å². The van der Waals surface area contributed by atoms with E-state index in [1.165, 1.54) is 24.8 Å². The van der Waals surface area contributed by atoms with Crippen LogP contribution >= 0.6 is 0 Å². The van der Waals surface area contributed by atoms with Crippen molar-refractivity contribution < 1.29 is 9.53 Å². The highest BCUT2D eigenvalue weighted by Crippen LogP contribution is 2.29. The number of carbonyl (C=O) groups excluding carboxylic acids is 1. The number of nitrogens with one attached hydrogen (secondary N) is 3. The zero-order chi connectivity index (χ0) is 20.1. The number of amides is 1. The van der Waals surface area contributed by atoms with Gasteiger partial charge in [0.15, 0.2) is 0 Å². The van der Waals surface area contributed by atoms with Crippen molar-refractivity contribution in [3.05, 3.63) is 65.2 Å². The molecule has 4 rings (SSSR count). The lowest BCUT2D eigenvalue weighted by Gasteiger charge is -2.33. The smallest absolute Gasteiger partial charge is 0.255 e. The maximum absolute atomic E-state index is 12.5. The zero-order valence-corrected chi connectivity index (χ0v) is 17.1. The lowest BCUT2D eigenvalue weighted by Crippen LogP contribution is -2.50. The average Bonchev–Trinajstić information content (AvgIpc) is 3.22. The molecule has 5 nitrogen and oxygen atoms in total. The molecule has 2 fully saturated rings. The summed E-state index contributed by atoms with van der Waals surface area (Å²) in [7, 11) is 0. The monoisotopic (exact) mass is 393 g/mol. The van der Waals surface area contributed by atoms with E-state index in [2.05, 4.69) is 28.1 Å². The number of carbonyl (C=O) groups is 1. The van der Waals surface area contributed by atoms with Crippen molar-refractivity contribution in [2.75, 3.05) is 25.1 Å². The van der Waals surface area contributed by atoms with Gasteiger partial charge >= 0.3 is 0 Å². The fraction of sp³-hybridized carbons (Fsp3) is 0.458. The van der Waals surface area contributed by atoms with Crippen molar-refractivity contribution in [3.8, 4) is 0 Å². The first-order chi connectivity index (χ1) is 14.2. The lowest BCUT2D eigenvalue weighted by molar-refractivity contribution is 0.0524. The second-order valence-corrected chi connectivity index (χ2v) is 8.24. The minimum atomic E-state index is -0.0747. The maximum Gasteiger partial charge on any atom is 0.255 e. The van der Waals surface area contributed by atoms with Gasteiger partial charge in [0.2, 0.25) is 0 Å². The summed E-state index contributed by atoms with van der Waals surface area (Å²) in [5, 5.41) is 10.4. The molecule has 0 bridgehead atoms. The first-order valence-electron chi connectivity index (χ1n) is 10.7. The van der Waals surface area contributed by atoms with Gasteiger partial charge in [-0.2, -0.15) is 0 Å². The topological polar surface area (TPSA) is 62.4 Å². The Kier molecular flexibility index (Phi) is 6.60. The Morgan fingerprint density at radius 2 is 2.03 bits per heavy atom. The minimum Gasteiger partial charge on any atom is -0.379 e. The third-order valence-electron chi connectivity index (χ3n) is 6.10. The molecular formula is C24H31N3O2. The van der Waals surface area contributed by atoms with Crippen LogP contribution < -0.4 is 16.0 Å². The largest absolute Gasteiger partial charge is 0.379 e. The average molecular weight is 394 g/mol. The van der Waals surface area contributed by atoms with Gasteiger partial charge in [-0.05, 0) is 55.5 Å². The number of rotatable bonds is 6. The van der Waals surface area contributed by atoms with Crippen molar-refractivity contribution in [1.29, 1.82) is 0 Å². The van der Waals surface area contributed by atoms with Crippen LogP contribution in [0.3, 0.4) is 0 Å². The highest BCUT2D eigenvalue weighted by Gasteiger charge is 2.34. The molecule has 3 unspecified atom stereocenters. The van der Waals surface area contributed by atoms with Gasteiger partial charge in [-0.1, -0.05) is 36.2 Å². The molecule has 3 atom stereocenters. The van der Waals surface area contributed by atoms with Crippen LogP contribution in [0.15, 0.2) is 48.5 Å². The fourth-order valence-corrected chi connectivity index (χ4v) is 4.50. The molecule has 5 heteroatoms. The SMILES string of the molecule is Cc1ccc(C(=O)Nc2cccc(CNC3CCCC3C3COCCN3)c2)cc1. The van der Waals surface area contributed by atoms with Gasteiger partial charge in [-0.25, -0.2) is 0 Å². The number of anilines is 1. The van der Waals surface area contributed by atoms with E-state index in [0.717, 1.165) is 37.6 Å².